The van der Waals surface area contributed by atoms with E-state index >= 15 is 0 Å². The van der Waals surface area contributed by atoms with Gasteiger partial charge >= 0.3 is 11.9 Å². The van der Waals surface area contributed by atoms with Crippen LogP contribution in [0.3, 0.4) is 0 Å². The molecule has 26 heavy (non-hydrogen) atoms. The summed E-state index contributed by atoms with van der Waals surface area (Å²) >= 11 is 0. The Morgan fingerprint density at radius 3 is 1.23 bits per heavy atom. The van der Waals surface area contributed by atoms with Crippen molar-refractivity contribution in [2.24, 2.45) is 0 Å². The Morgan fingerprint density at radius 1 is 0.615 bits per heavy atom. The summed E-state index contributed by atoms with van der Waals surface area (Å²) in [6.45, 7) is 3.79. The predicted molar refractivity (Wildman–Crippen MR) is 101 cm³/mol. The molecule has 0 amide bonds. The second-order valence-electron chi connectivity index (χ2n) is 6.25. The molecule has 0 atom stereocenters. The van der Waals surface area contributed by atoms with E-state index in [1.165, 1.54) is 0 Å². The van der Waals surface area contributed by atoms with Crippen LogP contribution in [0.5, 0.6) is 0 Å². The van der Waals surface area contributed by atoms with E-state index in [1.54, 1.807) is 24.3 Å². The Kier molecular flexibility index (Phi) is 4.59. The van der Waals surface area contributed by atoms with Crippen LogP contribution < -0.4 is 0 Å². The van der Waals surface area contributed by atoms with Crippen molar-refractivity contribution in [2.45, 2.75) is 13.8 Å². The lowest BCUT2D eigenvalue weighted by molar-refractivity contribution is 0.0686. The third-order valence-corrected chi connectivity index (χ3v) is 4.45. The van der Waals surface area contributed by atoms with Gasteiger partial charge in [0.2, 0.25) is 0 Å². The largest absolute Gasteiger partial charge is 0.478 e. The summed E-state index contributed by atoms with van der Waals surface area (Å²) in [5.41, 5.74) is 6.33. The Hall–Kier alpha value is -3.40. The van der Waals surface area contributed by atoms with Crippen molar-refractivity contribution < 1.29 is 19.8 Å². The molecule has 0 aromatic heterocycles. The van der Waals surface area contributed by atoms with Crippen molar-refractivity contribution in [3.63, 3.8) is 0 Å². The zero-order valence-electron chi connectivity index (χ0n) is 14.5. The summed E-state index contributed by atoms with van der Waals surface area (Å²) in [4.78, 5) is 22.1. The van der Waals surface area contributed by atoms with Crippen molar-refractivity contribution in [1.82, 2.24) is 0 Å². The fourth-order valence-corrected chi connectivity index (χ4v) is 3.07. The van der Waals surface area contributed by atoms with Gasteiger partial charge in [-0.1, -0.05) is 36.4 Å². The average molecular weight is 346 g/mol. The van der Waals surface area contributed by atoms with Crippen LogP contribution in [0.25, 0.3) is 22.3 Å². The molecule has 0 unspecified atom stereocenters. The average Bonchev–Trinajstić information content (AvgIpc) is 2.61. The first kappa shape index (κ1) is 17.4. The van der Waals surface area contributed by atoms with Crippen molar-refractivity contribution in [3.05, 3.63) is 82.9 Å². The molecule has 0 heterocycles. The lowest BCUT2D eigenvalue weighted by atomic mass is 9.94. The lowest BCUT2D eigenvalue weighted by Crippen LogP contribution is -1.97. The number of aromatic carboxylic acids is 2. The number of hydrogen-bond acceptors (Lipinski definition) is 2. The fraction of sp³-hybridized carbons (Fsp3) is 0.0909. The van der Waals surface area contributed by atoms with Crippen molar-refractivity contribution >= 4 is 11.9 Å². The molecule has 0 aliphatic heterocycles. The number of aryl methyl sites for hydroxylation is 2. The molecule has 0 aliphatic rings. The molecule has 0 radical (unpaired) electrons. The highest BCUT2D eigenvalue weighted by molar-refractivity contribution is 5.90. The summed E-state index contributed by atoms with van der Waals surface area (Å²) in [7, 11) is 0. The van der Waals surface area contributed by atoms with Crippen LogP contribution in [0, 0.1) is 13.8 Å². The smallest absolute Gasteiger partial charge is 0.335 e. The number of carboxylic acid groups (broad SMARTS) is 2. The van der Waals surface area contributed by atoms with E-state index in [9.17, 15) is 9.59 Å². The van der Waals surface area contributed by atoms with Crippen LogP contribution in [0.1, 0.15) is 31.8 Å². The highest BCUT2D eigenvalue weighted by atomic mass is 16.4. The van der Waals surface area contributed by atoms with Gasteiger partial charge in [-0.05, 0) is 71.5 Å². The SMILES string of the molecule is Cc1cc(C(=O)O)ccc1-c1ccc(-c2ccc(C(=O)O)cc2C)cc1. The molecule has 2 N–H and O–H groups in total. The van der Waals surface area contributed by atoms with Crippen LogP contribution >= 0.6 is 0 Å². The molecule has 0 saturated heterocycles. The van der Waals surface area contributed by atoms with Gasteiger partial charge in [0.25, 0.3) is 0 Å². The molecule has 3 aromatic rings. The van der Waals surface area contributed by atoms with Gasteiger partial charge in [0.15, 0.2) is 0 Å². The van der Waals surface area contributed by atoms with Crippen molar-refractivity contribution in [2.75, 3.05) is 0 Å². The second-order valence-corrected chi connectivity index (χ2v) is 6.25. The standard InChI is InChI=1S/C22H18O4/c1-13-11-17(21(23)24)7-9-19(13)15-3-5-16(6-4-15)20-10-8-18(22(25)26)12-14(20)2/h3-12H,1-2H3,(H,23,24)(H,25,26). The molecule has 0 fully saturated rings. The molecule has 130 valence electrons. The molecule has 3 rings (SSSR count). The third-order valence-electron chi connectivity index (χ3n) is 4.45. The summed E-state index contributed by atoms with van der Waals surface area (Å²) < 4.78 is 0. The van der Waals surface area contributed by atoms with Crippen molar-refractivity contribution in [3.8, 4) is 22.3 Å². The highest BCUT2D eigenvalue weighted by Gasteiger charge is 2.10. The summed E-state index contributed by atoms with van der Waals surface area (Å²) in [6, 6.07) is 18.1. The number of carbonyl (C=O) groups is 2. The van der Waals surface area contributed by atoms with Gasteiger partial charge in [-0.2, -0.15) is 0 Å². The Bertz CT molecular complexity index is 919. The maximum atomic E-state index is 11.1. The maximum absolute atomic E-state index is 11.1. The predicted octanol–water partition coefficient (Wildman–Crippen LogP) is 5.03. The third kappa shape index (κ3) is 3.35. The summed E-state index contributed by atoms with van der Waals surface area (Å²) in [5.74, 6) is -1.87. The molecule has 4 nitrogen and oxygen atoms in total. The van der Waals surface area contributed by atoms with E-state index in [0.29, 0.717) is 0 Å². The fourth-order valence-electron chi connectivity index (χ4n) is 3.07. The van der Waals surface area contributed by atoms with Crippen LogP contribution in [-0.4, -0.2) is 22.2 Å². The summed E-state index contributed by atoms with van der Waals surface area (Å²) in [6.07, 6.45) is 0. The molecule has 0 spiro atoms. The minimum absolute atomic E-state index is 0.275. The minimum atomic E-state index is -0.935. The highest BCUT2D eigenvalue weighted by Crippen LogP contribution is 2.29. The molecule has 0 aliphatic carbocycles. The normalized spacial score (nSPS) is 10.5. The lowest BCUT2D eigenvalue weighted by Gasteiger charge is -2.10. The molecule has 0 saturated carbocycles. The quantitative estimate of drug-likeness (QED) is 0.694. The first-order valence-corrected chi connectivity index (χ1v) is 8.15. The Labute approximate surface area is 151 Å². The number of hydrogen-bond donors (Lipinski definition) is 2. The molecule has 0 bridgehead atoms. The van der Waals surface area contributed by atoms with Crippen LogP contribution in [0.15, 0.2) is 60.7 Å². The Morgan fingerprint density at radius 2 is 0.962 bits per heavy atom. The van der Waals surface area contributed by atoms with Crippen molar-refractivity contribution in [1.29, 1.82) is 0 Å². The molecule has 4 heteroatoms. The van der Waals surface area contributed by atoms with Crippen LogP contribution in [-0.2, 0) is 0 Å². The minimum Gasteiger partial charge on any atom is -0.478 e. The van der Waals surface area contributed by atoms with Gasteiger partial charge in [-0.15, -0.1) is 0 Å². The Balaban J connectivity index is 1.94. The van der Waals surface area contributed by atoms with Gasteiger partial charge in [-0.25, -0.2) is 9.59 Å². The molecular formula is C22H18O4. The number of benzene rings is 3. The van der Waals surface area contributed by atoms with E-state index in [-0.39, 0.29) is 11.1 Å². The van der Waals surface area contributed by atoms with Gasteiger partial charge in [-0.3, -0.25) is 0 Å². The maximum Gasteiger partial charge on any atom is 0.335 e. The summed E-state index contributed by atoms with van der Waals surface area (Å²) in [5, 5.41) is 18.2. The first-order chi connectivity index (χ1) is 12.4. The first-order valence-electron chi connectivity index (χ1n) is 8.15. The zero-order valence-corrected chi connectivity index (χ0v) is 14.5. The van der Waals surface area contributed by atoms with Crippen LogP contribution in [0.4, 0.5) is 0 Å². The van der Waals surface area contributed by atoms with Gasteiger partial charge in [0.1, 0.15) is 0 Å². The van der Waals surface area contributed by atoms with E-state index in [2.05, 4.69) is 0 Å². The second kappa shape index (κ2) is 6.84. The van der Waals surface area contributed by atoms with Gasteiger partial charge in [0, 0.05) is 0 Å². The topological polar surface area (TPSA) is 74.6 Å². The number of carboxylic acids is 2. The van der Waals surface area contributed by atoms with Crippen LogP contribution in [0.2, 0.25) is 0 Å². The van der Waals surface area contributed by atoms with Gasteiger partial charge < -0.3 is 10.2 Å². The van der Waals surface area contributed by atoms with E-state index in [1.807, 2.05) is 50.2 Å². The van der Waals surface area contributed by atoms with Gasteiger partial charge in [0.05, 0.1) is 11.1 Å². The zero-order chi connectivity index (χ0) is 18.8. The van der Waals surface area contributed by atoms with E-state index < -0.39 is 11.9 Å². The molecular weight excluding hydrogens is 328 g/mol. The van der Waals surface area contributed by atoms with E-state index in [4.69, 9.17) is 10.2 Å². The number of rotatable bonds is 4. The van der Waals surface area contributed by atoms with E-state index in [0.717, 1.165) is 33.4 Å². The monoisotopic (exact) mass is 346 g/mol. The molecule has 3 aromatic carbocycles.